The van der Waals surface area contributed by atoms with Gasteiger partial charge in [-0.05, 0) is 81.2 Å². The average molecular weight is 840 g/mol. The second-order valence-electron chi connectivity index (χ2n) is 16.3. The number of aromatic nitrogens is 1. The highest BCUT2D eigenvalue weighted by atomic mass is 32.2. The third-order valence-electron chi connectivity index (χ3n) is 11.7. The van der Waals surface area contributed by atoms with Crippen LogP contribution in [0.3, 0.4) is 0 Å². The zero-order valence-electron chi connectivity index (χ0n) is 32.3. The van der Waals surface area contributed by atoms with Crippen molar-refractivity contribution in [2.24, 2.45) is 11.8 Å². The number of halogens is 3. The van der Waals surface area contributed by atoms with Gasteiger partial charge in [0, 0.05) is 23.1 Å². The number of para-hydroxylation sites is 1. The summed E-state index contributed by atoms with van der Waals surface area (Å²) in [6.07, 6.45) is -1.36. The first-order valence-electron chi connectivity index (χ1n) is 19.8. The zero-order valence-corrected chi connectivity index (χ0v) is 33.2. The second-order valence-corrected chi connectivity index (χ2v) is 18.2. The Bertz CT molecular complexity index is 2480. The molecule has 3 aliphatic carbocycles. The highest BCUT2D eigenvalue weighted by Crippen LogP contribution is 2.46. The number of likely N-dealkylation sites (tertiary alicyclic amines) is 1. The summed E-state index contributed by atoms with van der Waals surface area (Å²) < 4.78 is 87.6. The van der Waals surface area contributed by atoms with Crippen LogP contribution in [0.2, 0.25) is 0 Å². The fourth-order valence-corrected chi connectivity index (χ4v) is 9.58. The highest BCUT2D eigenvalue weighted by molar-refractivity contribution is 7.91. The minimum Gasteiger partial charge on any atom is -0.484 e. The van der Waals surface area contributed by atoms with Crippen LogP contribution in [0.5, 0.6) is 5.75 Å². The van der Waals surface area contributed by atoms with Crippen molar-refractivity contribution in [2.75, 3.05) is 6.54 Å². The monoisotopic (exact) mass is 839 g/mol. The Morgan fingerprint density at radius 1 is 1.03 bits per heavy atom. The summed E-state index contributed by atoms with van der Waals surface area (Å²) in [6, 6.07) is 7.40. The molecule has 0 bridgehead atoms. The smallest absolute Gasteiger partial charge is 0.416 e. The maximum Gasteiger partial charge on any atom is 0.416 e. The van der Waals surface area contributed by atoms with Gasteiger partial charge in [-0.25, -0.2) is 18.2 Å². The largest absolute Gasteiger partial charge is 0.484 e. The molecular weight excluding hydrogens is 796 g/mol. The number of amides is 4. The Kier molecular flexibility index (Phi) is 10.3. The van der Waals surface area contributed by atoms with E-state index in [1.54, 1.807) is 38.1 Å². The Morgan fingerprint density at radius 2 is 1.76 bits per heavy atom. The molecule has 0 unspecified atom stereocenters. The number of fused-ring (bicyclic) bond motifs is 4. The molecule has 314 valence electrons. The van der Waals surface area contributed by atoms with Crippen molar-refractivity contribution in [1.29, 1.82) is 0 Å². The third kappa shape index (κ3) is 7.78. The lowest BCUT2D eigenvalue weighted by atomic mass is 10.0. The van der Waals surface area contributed by atoms with Crippen molar-refractivity contribution >= 4 is 66.8 Å². The van der Waals surface area contributed by atoms with E-state index in [9.17, 15) is 40.8 Å². The lowest BCUT2D eigenvalue weighted by molar-refractivity contribution is -0.141. The molecule has 1 saturated heterocycles. The van der Waals surface area contributed by atoms with Gasteiger partial charge in [0.25, 0.3) is 5.91 Å². The quantitative estimate of drug-likeness (QED) is 0.146. The van der Waals surface area contributed by atoms with Crippen LogP contribution in [-0.4, -0.2) is 83.7 Å². The lowest BCUT2D eigenvalue weighted by Gasteiger charge is -2.31. The van der Waals surface area contributed by atoms with Gasteiger partial charge in [0.1, 0.15) is 40.9 Å². The minimum atomic E-state index is -4.66. The Labute approximate surface area is 337 Å². The number of alkyl carbamates (subject to hydrolysis) is 1. The Balaban J connectivity index is 1.14. The molecule has 18 heteroatoms. The minimum absolute atomic E-state index is 0.0303. The molecule has 4 amide bonds. The number of carbonyl (C=O) groups is 4. The van der Waals surface area contributed by atoms with Gasteiger partial charge in [-0.1, -0.05) is 32.1 Å². The maximum atomic E-state index is 14.6. The van der Waals surface area contributed by atoms with Gasteiger partial charge in [0.05, 0.1) is 22.9 Å². The first-order valence-corrected chi connectivity index (χ1v) is 21.3. The molecule has 2 aromatic carbocycles. The number of nitrogens with zero attached hydrogens (tertiary/aromatic N) is 2. The Morgan fingerprint density at radius 3 is 2.42 bits per heavy atom. The van der Waals surface area contributed by atoms with E-state index >= 15 is 0 Å². The fourth-order valence-electron chi connectivity index (χ4n) is 8.22. The molecular formula is C41H44F3N5O9S. The topological polar surface area (TPSA) is 186 Å². The summed E-state index contributed by atoms with van der Waals surface area (Å²) in [5, 5.41) is 5.42. The van der Waals surface area contributed by atoms with Gasteiger partial charge in [0.15, 0.2) is 11.3 Å². The SMILES string of the molecule is C=C[C@@H]1C[C@]1(NC(=O)[C@@H]1C[C@@H](Oc2c3ccc(C(F)(F)F)cc3nc3c2oc2ccccc23)CN1C(=O)[C@@H](NC(=O)OC1CCCC1)C(C)C)C(=O)NS(=O)(=O)C1CC1. The summed E-state index contributed by atoms with van der Waals surface area (Å²) in [4.78, 5) is 61.4. The molecule has 3 heterocycles. The van der Waals surface area contributed by atoms with Gasteiger partial charge < -0.3 is 29.4 Å². The van der Waals surface area contributed by atoms with Gasteiger partial charge in [-0.2, -0.15) is 13.2 Å². The third-order valence-corrected chi connectivity index (χ3v) is 13.6. The van der Waals surface area contributed by atoms with Crippen molar-refractivity contribution < 1.29 is 54.7 Å². The lowest BCUT2D eigenvalue weighted by Crippen LogP contribution is -2.59. The van der Waals surface area contributed by atoms with E-state index in [0.717, 1.165) is 25.0 Å². The summed E-state index contributed by atoms with van der Waals surface area (Å²) >= 11 is 0. The molecule has 8 rings (SSSR count). The van der Waals surface area contributed by atoms with Crippen LogP contribution < -0.4 is 20.1 Å². The van der Waals surface area contributed by atoms with Crippen LogP contribution in [0.15, 0.2) is 59.5 Å². The van der Waals surface area contributed by atoms with E-state index in [1.165, 1.54) is 17.0 Å². The van der Waals surface area contributed by atoms with Crippen LogP contribution >= 0.6 is 0 Å². The molecule has 14 nitrogen and oxygen atoms in total. The summed E-state index contributed by atoms with van der Waals surface area (Å²) in [5.74, 6) is -3.41. The van der Waals surface area contributed by atoms with E-state index in [-0.39, 0.29) is 53.2 Å². The molecule has 0 spiro atoms. The molecule has 3 N–H and O–H groups in total. The van der Waals surface area contributed by atoms with E-state index in [4.69, 9.17) is 13.9 Å². The number of alkyl halides is 3. The van der Waals surface area contributed by atoms with E-state index in [2.05, 4.69) is 26.9 Å². The van der Waals surface area contributed by atoms with Crippen molar-refractivity contribution in [3.63, 3.8) is 0 Å². The summed E-state index contributed by atoms with van der Waals surface area (Å²) in [7, 11) is -3.98. The first kappa shape index (κ1) is 40.4. The van der Waals surface area contributed by atoms with Crippen molar-refractivity contribution in [3.8, 4) is 5.75 Å². The number of hydrogen-bond donors (Lipinski definition) is 3. The molecule has 2 aromatic heterocycles. The van der Waals surface area contributed by atoms with Gasteiger partial charge in [-0.15, -0.1) is 6.58 Å². The van der Waals surface area contributed by atoms with Crippen LogP contribution in [0.4, 0.5) is 18.0 Å². The summed E-state index contributed by atoms with van der Waals surface area (Å²) in [5.41, 5.74) is -1.84. The fraction of sp³-hybridized carbons (Fsp3) is 0.488. The molecule has 0 radical (unpaired) electrons. The number of benzene rings is 2. The molecule has 4 fully saturated rings. The number of hydrogen-bond acceptors (Lipinski definition) is 10. The molecule has 3 saturated carbocycles. The molecule has 4 aliphatic rings. The van der Waals surface area contributed by atoms with Gasteiger partial charge in [-0.3, -0.25) is 19.1 Å². The number of furan rings is 1. The summed E-state index contributed by atoms with van der Waals surface area (Å²) in [6.45, 7) is 6.95. The predicted octanol–water partition coefficient (Wildman–Crippen LogP) is 5.86. The number of nitrogens with one attached hydrogen (secondary N) is 3. The van der Waals surface area contributed by atoms with Gasteiger partial charge in [0.2, 0.25) is 21.8 Å². The number of pyridine rings is 1. The van der Waals surface area contributed by atoms with Crippen LogP contribution in [-0.2, 0) is 35.3 Å². The highest BCUT2D eigenvalue weighted by Gasteiger charge is 2.62. The molecule has 5 atom stereocenters. The number of ether oxygens (including phenoxy) is 2. The van der Waals surface area contributed by atoms with Crippen LogP contribution in [0.25, 0.3) is 33.0 Å². The maximum absolute atomic E-state index is 14.6. The average Bonchev–Trinajstić information content (AvgIpc) is 4.01. The van der Waals surface area contributed by atoms with Gasteiger partial charge >= 0.3 is 12.3 Å². The van der Waals surface area contributed by atoms with Crippen LogP contribution in [0.1, 0.15) is 70.8 Å². The predicted molar refractivity (Wildman–Crippen MR) is 208 cm³/mol. The number of sulfonamides is 1. The van der Waals surface area contributed by atoms with Crippen LogP contribution in [0, 0.1) is 11.8 Å². The number of carbonyl (C=O) groups excluding carboxylic acids is 4. The molecule has 59 heavy (non-hydrogen) atoms. The second kappa shape index (κ2) is 15.0. The normalized spacial score (nSPS) is 24.0. The Hall–Kier alpha value is -5.39. The number of rotatable bonds is 12. The van der Waals surface area contributed by atoms with Crippen molar-refractivity contribution in [3.05, 3.63) is 60.7 Å². The van der Waals surface area contributed by atoms with Crippen molar-refractivity contribution in [2.45, 2.75) is 106 Å². The van der Waals surface area contributed by atoms with Crippen molar-refractivity contribution in [1.82, 2.24) is 25.2 Å². The zero-order chi connectivity index (χ0) is 42.0. The molecule has 4 aromatic rings. The standard InChI is InChI=1S/C41H44F3N5O9S/c1-4-22-19-40(22,38(52)48-59(54,55)26-14-15-26)47-36(50)30-18-25(20-49(30)37(51)32(21(2)3)46-39(53)57-24-9-5-6-10-24)56-34-27-16-13-23(41(42,43)44)17-29(27)45-33-28-11-7-8-12-31(28)58-35(33)34/h4,7-8,11-13,16-17,21-22,24-26,30,32H,1,5-6,9-10,14-15,18-20H2,2-3H3,(H,46,53)(H,47,50)(H,48,52)/t22-,25-,30+,32+,40-/m1/s1. The first-order chi connectivity index (χ1) is 28.0. The molecule has 1 aliphatic heterocycles. The van der Waals surface area contributed by atoms with E-state index in [1.807, 2.05) is 0 Å². The van der Waals surface area contributed by atoms with E-state index in [0.29, 0.717) is 36.7 Å². The van der Waals surface area contributed by atoms with E-state index < -0.39 is 86.4 Å².